The summed E-state index contributed by atoms with van der Waals surface area (Å²) < 4.78 is 0. The third-order valence-electron chi connectivity index (χ3n) is 4.00. The van der Waals surface area contributed by atoms with Gasteiger partial charge >= 0.3 is 0 Å². The molecule has 0 spiro atoms. The van der Waals surface area contributed by atoms with Gasteiger partial charge in [-0.1, -0.05) is 31.2 Å². The van der Waals surface area contributed by atoms with Crippen molar-refractivity contribution in [2.45, 2.75) is 38.2 Å². The number of aliphatic hydroxyl groups is 1. The van der Waals surface area contributed by atoms with Crippen molar-refractivity contribution in [2.24, 2.45) is 0 Å². The Labute approximate surface area is 97.7 Å². The first-order valence-electron chi connectivity index (χ1n) is 6.22. The van der Waals surface area contributed by atoms with Gasteiger partial charge in [-0.05, 0) is 48.9 Å². The van der Waals surface area contributed by atoms with Crippen LogP contribution in [0.1, 0.15) is 37.3 Å². The molecule has 1 aliphatic heterocycles. The van der Waals surface area contributed by atoms with Gasteiger partial charge < -0.3 is 10.4 Å². The lowest BCUT2D eigenvalue weighted by molar-refractivity contribution is 0.262. The molecule has 2 rings (SSSR count). The summed E-state index contributed by atoms with van der Waals surface area (Å²) in [5.41, 5.74) is 2.75. The monoisotopic (exact) mass is 219 g/mol. The van der Waals surface area contributed by atoms with Crippen LogP contribution in [0.5, 0.6) is 0 Å². The molecule has 2 nitrogen and oxygen atoms in total. The second-order valence-corrected chi connectivity index (χ2v) is 4.70. The largest absolute Gasteiger partial charge is 0.392 e. The van der Waals surface area contributed by atoms with Crippen molar-refractivity contribution < 1.29 is 5.11 Å². The van der Waals surface area contributed by atoms with E-state index in [-0.39, 0.29) is 12.0 Å². The van der Waals surface area contributed by atoms with Gasteiger partial charge in [0.15, 0.2) is 0 Å². The van der Waals surface area contributed by atoms with Crippen molar-refractivity contribution in [2.75, 3.05) is 13.1 Å². The highest BCUT2D eigenvalue weighted by molar-refractivity contribution is 5.34. The summed E-state index contributed by atoms with van der Waals surface area (Å²) in [6, 6.07) is 8.35. The fourth-order valence-corrected chi connectivity index (χ4v) is 2.89. The highest BCUT2D eigenvalue weighted by Crippen LogP contribution is 2.38. The fourth-order valence-electron chi connectivity index (χ4n) is 2.89. The van der Waals surface area contributed by atoms with Crippen LogP contribution in [0.4, 0.5) is 0 Å². The number of hydrogen-bond acceptors (Lipinski definition) is 2. The molecule has 2 heteroatoms. The third kappa shape index (κ3) is 2.00. The summed E-state index contributed by atoms with van der Waals surface area (Å²) in [6.07, 6.45) is 3.52. The summed E-state index contributed by atoms with van der Waals surface area (Å²) in [6.45, 7) is 4.60. The Morgan fingerprint density at radius 1 is 1.25 bits per heavy atom. The Bertz CT molecular complexity index is 342. The zero-order valence-electron chi connectivity index (χ0n) is 10.00. The third-order valence-corrected chi connectivity index (χ3v) is 4.00. The van der Waals surface area contributed by atoms with E-state index in [2.05, 4.69) is 30.4 Å². The van der Waals surface area contributed by atoms with Crippen LogP contribution < -0.4 is 5.32 Å². The molecule has 2 N–H and O–H groups in total. The minimum Gasteiger partial charge on any atom is -0.392 e. The standard InChI is InChI=1S/C14H21NO/c1-2-14(7-9-15-10-8-14)13-6-4-3-5-12(13)11-16/h3-6,15-16H,2,7-11H2,1H3. The van der Waals surface area contributed by atoms with Crippen LogP contribution in [0.25, 0.3) is 0 Å². The number of aliphatic hydroxyl groups excluding tert-OH is 1. The molecule has 1 aromatic carbocycles. The SMILES string of the molecule is CCC1(c2ccccc2CO)CCNCC1. The predicted octanol–water partition coefficient (Wildman–Crippen LogP) is 2.21. The maximum atomic E-state index is 9.44. The van der Waals surface area contributed by atoms with Crippen molar-refractivity contribution >= 4 is 0 Å². The van der Waals surface area contributed by atoms with Crippen LogP contribution in [-0.4, -0.2) is 18.2 Å². The second kappa shape index (κ2) is 4.98. The number of piperidine rings is 1. The summed E-state index contributed by atoms with van der Waals surface area (Å²) in [7, 11) is 0. The lowest BCUT2D eigenvalue weighted by atomic mass is 9.70. The summed E-state index contributed by atoms with van der Waals surface area (Å²) >= 11 is 0. The molecule has 1 aliphatic rings. The second-order valence-electron chi connectivity index (χ2n) is 4.70. The van der Waals surface area contributed by atoms with Crippen molar-refractivity contribution in [3.05, 3.63) is 35.4 Å². The first-order chi connectivity index (χ1) is 7.82. The van der Waals surface area contributed by atoms with Crippen molar-refractivity contribution in [3.63, 3.8) is 0 Å². The molecule has 0 saturated carbocycles. The number of hydrogen-bond donors (Lipinski definition) is 2. The van der Waals surface area contributed by atoms with E-state index in [1.165, 1.54) is 18.4 Å². The normalized spacial score (nSPS) is 19.6. The van der Waals surface area contributed by atoms with E-state index in [1.807, 2.05) is 6.07 Å². The Balaban J connectivity index is 2.38. The van der Waals surface area contributed by atoms with Gasteiger partial charge in [0, 0.05) is 0 Å². The van der Waals surface area contributed by atoms with Gasteiger partial charge in [-0.2, -0.15) is 0 Å². The Hall–Kier alpha value is -0.860. The molecule has 1 fully saturated rings. The van der Waals surface area contributed by atoms with E-state index in [4.69, 9.17) is 0 Å². The van der Waals surface area contributed by atoms with Crippen LogP contribution in [0, 0.1) is 0 Å². The lowest BCUT2D eigenvalue weighted by Crippen LogP contribution is -2.40. The molecule has 0 aliphatic carbocycles. The van der Waals surface area contributed by atoms with E-state index in [0.717, 1.165) is 25.1 Å². The van der Waals surface area contributed by atoms with Crippen LogP contribution in [0.3, 0.4) is 0 Å². The summed E-state index contributed by atoms with van der Waals surface area (Å²) in [5, 5.41) is 12.9. The van der Waals surface area contributed by atoms with Crippen LogP contribution >= 0.6 is 0 Å². The first-order valence-corrected chi connectivity index (χ1v) is 6.22. The fraction of sp³-hybridized carbons (Fsp3) is 0.571. The average Bonchev–Trinajstić information content (AvgIpc) is 2.39. The Morgan fingerprint density at radius 2 is 1.94 bits per heavy atom. The van der Waals surface area contributed by atoms with Gasteiger partial charge in [-0.3, -0.25) is 0 Å². The molecular weight excluding hydrogens is 198 g/mol. The molecule has 0 amide bonds. The molecule has 0 radical (unpaired) electrons. The number of benzene rings is 1. The average molecular weight is 219 g/mol. The lowest BCUT2D eigenvalue weighted by Gasteiger charge is -2.38. The smallest absolute Gasteiger partial charge is 0.0684 e. The molecular formula is C14H21NO. The van der Waals surface area contributed by atoms with Gasteiger partial charge in [-0.15, -0.1) is 0 Å². The summed E-state index contributed by atoms with van der Waals surface area (Å²) in [4.78, 5) is 0. The highest BCUT2D eigenvalue weighted by Gasteiger charge is 2.33. The predicted molar refractivity (Wildman–Crippen MR) is 66.4 cm³/mol. The maximum Gasteiger partial charge on any atom is 0.0684 e. The van der Waals surface area contributed by atoms with Crippen LogP contribution in [0.15, 0.2) is 24.3 Å². The zero-order valence-corrected chi connectivity index (χ0v) is 10.00. The van der Waals surface area contributed by atoms with E-state index < -0.39 is 0 Å². The minimum absolute atomic E-state index is 0.158. The van der Waals surface area contributed by atoms with E-state index >= 15 is 0 Å². The molecule has 1 saturated heterocycles. The van der Waals surface area contributed by atoms with Gasteiger partial charge in [0.25, 0.3) is 0 Å². The van der Waals surface area contributed by atoms with Gasteiger partial charge in [0.2, 0.25) is 0 Å². The molecule has 0 unspecified atom stereocenters. The van der Waals surface area contributed by atoms with Crippen molar-refractivity contribution in [1.82, 2.24) is 5.32 Å². The van der Waals surface area contributed by atoms with E-state index in [9.17, 15) is 5.11 Å². The molecule has 1 heterocycles. The zero-order chi connectivity index (χ0) is 11.4. The number of nitrogens with one attached hydrogen (secondary N) is 1. The molecule has 16 heavy (non-hydrogen) atoms. The van der Waals surface area contributed by atoms with Crippen molar-refractivity contribution in [3.8, 4) is 0 Å². The molecule has 88 valence electrons. The molecule has 0 bridgehead atoms. The van der Waals surface area contributed by atoms with Crippen LogP contribution in [0.2, 0.25) is 0 Å². The molecule has 0 atom stereocenters. The quantitative estimate of drug-likeness (QED) is 0.817. The molecule has 1 aromatic rings. The van der Waals surface area contributed by atoms with Gasteiger partial charge in [-0.25, -0.2) is 0 Å². The van der Waals surface area contributed by atoms with Gasteiger partial charge in [0.05, 0.1) is 6.61 Å². The number of rotatable bonds is 3. The summed E-state index contributed by atoms with van der Waals surface area (Å²) in [5.74, 6) is 0. The van der Waals surface area contributed by atoms with E-state index in [0.29, 0.717) is 0 Å². The van der Waals surface area contributed by atoms with Gasteiger partial charge in [0.1, 0.15) is 0 Å². The van der Waals surface area contributed by atoms with E-state index in [1.54, 1.807) is 0 Å². The topological polar surface area (TPSA) is 32.3 Å². The van der Waals surface area contributed by atoms with Crippen molar-refractivity contribution in [1.29, 1.82) is 0 Å². The Kier molecular flexibility index (Phi) is 3.62. The maximum absolute atomic E-state index is 9.44. The minimum atomic E-state index is 0.158. The molecule has 0 aromatic heterocycles. The first kappa shape index (κ1) is 11.6. The highest BCUT2D eigenvalue weighted by atomic mass is 16.3. The Morgan fingerprint density at radius 3 is 2.56 bits per heavy atom. The van der Waals surface area contributed by atoms with Crippen LogP contribution in [-0.2, 0) is 12.0 Å².